The van der Waals surface area contributed by atoms with E-state index in [4.69, 9.17) is 21.1 Å². The number of amides is 2. The predicted octanol–water partition coefficient (Wildman–Crippen LogP) is 4.39. The van der Waals surface area contributed by atoms with Crippen LogP contribution in [0.15, 0.2) is 48.6 Å². The number of piperidine rings is 1. The Labute approximate surface area is 304 Å². The van der Waals surface area contributed by atoms with Crippen molar-refractivity contribution in [2.24, 2.45) is 17.8 Å². The zero-order valence-electron chi connectivity index (χ0n) is 28.9. The molecule has 2 aromatic rings. The van der Waals surface area contributed by atoms with Gasteiger partial charge < -0.3 is 24.4 Å². The Morgan fingerprint density at radius 3 is 2.63 bits per heavy atom. The molecular weight excluding hydrogens is 694 g/mol. The largest absolute Gasteiger partial charge is 0.490 e. The number of methoxy groups -OCH3 is 1. The first-order valence-electron chi connectivity index (χ1n) is 18.1. The number of halogens is 1. The second-order valence-electron chi connectivity index (χ2n) is 14.9. The molecule has 13 heteroatoms. The maximum absolute atomic E-state index is 13.9. The minimum Gasteiger partial charge on any atom is -0.490 e. The molecule has 11 nitrogen and oxygen atoms in total. The van der Waals surface area contributed by atoms with E-state index >= 15 is 0 Å². The number of anilines is 1. The van der Waals surface area contributed by atoms with Crippen molar-refractivity contribution in [1.82, 2.24) is 9.62 Å². The van der Waals surface area contributed by atoms with Gasteiger partial charge in [-0.25, -0.2) is 13.1 Å². The number of rotatable bonds is 2. The van der Waals surface area contributed by atoms with E-state index in [2.05, 4.69) is 15.7 Å². The minimum atomic E-state index is -4.49. The number of aryl methyl sites for hydroxylation is 1. The Kier molecular flexibility index (Phi) is 10.1. The van der Waals surface area contributed by atoms with Crippen LogP contribution in [0.4, 0.5) is 5.69 Å². The highest BCUT2D eigenvalue weighted by Crippen LogP contribution is 2.47. The molecule has 7 rings (SSSR count). The summed E-state index contributed by atoms with van der Waals surface area (Å²) in [4.78, 5) is 43.3. The first-order chi connectivity index (χ1) is 24.5. The number of likely N-dealkylation sites (tertiary alicyclic amines) is 1. The Morgan fingerprint density at radius 2 is 1.88 bits per heavy atom. The molecule has 2 bridgehead atoms. The number of carbonyl (C=O) groups is 3. The van der Waals surface area contributed by atoms with E-state index in [1.54, 1.807) is 30.4 Å². The number of esters is 1. The van der Waals surface area contributed by atoms with Crippen molar-refractivity contribution in [2.75, 3.05) is 44.8 Å². The molecule has 1 saturated carbocycles. The number of allylic oxidation sites excluding steroid dienone is 1. The number of ether oxygens (including phenoxy) is 2. The number of nitrogens with one attached hydrogen (secondary N) is 1. The minimum absolute atomic E-state index is 0.0129. The maximum Gasteiger partial charge on any atom is 0.308 e. The van der Waals surface area contributed by atoms with Crippen LogP contribution in [0.2, 0.25) is 5.02 Å². The van der Waals surface area contributed by atoms with Gasteiger partial charge in [0.05, 0.1) is 31.4 Å². The lowest BCUT2D eigenvalue weighted by molar-refractivity contribution is -0.148. The molecule has 2 amide bonds. The second kappa shape index (κ2) is 14.4. The van der Waals surface area contributed by atoms with E-state index in [-0.39, 0.29) is 60.6 Å². The van der Waals surface area contributed by atoms with Gasteiger partial charge in [-0.1, -0.05) is 29.8 Å². The van der Waals surface area contributed by atoms with E-state index < -0.39 is 33.2 Å². The number of hydrogen-bond donors (Lipinski definition) is 2. The fourth-order valence-corrected chi connectivity index (χ4v) is 10.4. The Hall–Kier alpha value is -3.61. The van der Waals surface area contributed by atoms with E-state index in [0.29, 0.717) is 49.0 Å². The Morgan fingerprint density at radius 1 is 1.08 bits per heavy atom. The van der Waals surface area contributed by atoms with Crippen molar-refractivity contribution in [3.05, 3.63) is 70.3 Å². The summed E-state index contributed by atoms with van der Waals surface area (Å²) in [5.41, 5.74) is 2.92. The maximum atomic E-state index is 13.9. The second-order valence-corrected chi connectivity index (χ2v) is 17.2. The fourth-order valence-electron chi connectivity index (χ4n) is 8.81. The predicted molar refractivity (Wildman–Crippen MR) is 192 cm³/mol. The molecule has 2 aromatic carbocycles. The molecular formula is C38H46ClN3O8S. The molecule has 1 saturated heterocycles. The lowest BCUT2D eigenvalue weighted by atomic mass is 9.68. The Bertz CT molecular complexity index is 1830. The third kappa shape index (κ3) is 7.11. The van der Waals surface area contributed by atoms with Gasteiger partial charge >= 0.3 is 5.97 Å². The van der Waals surface area contributed by atoms with Crippen molar-refractivity contribution in [3.8, 4) is 5.75 Å². The number of aliphatic hydroxyl groups excluding tert-OH is 1. The van der Waals surface area contributed by atoms with Crippen molar-refractivity contribution in [2.45, 2.75) is 74.6 Å². The van der Waals surface area contributed by atoms with Crippen LogP contribution in [0.3, 0.4) is 0 Å². The van der Waals surface area contributed by atoms with Crippen LogP contribution in [0.5, 0.6) is 5.75 Å². The van der Waals surface area contributed by atoms with Crippen LogP contribution in [0.1, 0.15) is 72.9 Å². The molecule has 51 heavy (non-hydrogen) atoms. The standard InChI is InChI=1S/C38H46ClN3O8S/c1-49-37(46)24-14-17-41(18-15-24)36(45)34-7-3-2-6-32(43)29-11-8-27(29)21-42-22-38(16-4-5-25-19-28(39)10-12-30(25)38)23-50-33-13-9-26(20-31(33)42)35(44)40-51(34,47)48/h2,6,9-10,12-13,19-20,24,27,29,32,34,43H,3-5,7-8,11,14-18,21-23H2,1H3,(H,40,44)/t27-,29+,32-,34+,38-/m0/s1. The van der Waals surface area contributed by atoms with Gasteiger partial charge in [0.25, 0.3) is 5.91 Å². The average molecular weight is 740 g/mol. The van der Waals surface area contributed by atoms with Gasteiger partial charge in [-0.15, -0.1) is 0 Å². The number of hydrogen-bond acceptors (Lipinski definition) is 9. The molecule has 274 valence electrons. The lowest BCUT2D eigenvalue weighted by Gasteiger charge is -2.45. The molecule has 0 unspecified atom stereocenters. The Balaban J connectivity index is 1.21. The molecule has 2 aliphatic carbocycles. The summed E-state index contributed by atoms with van der Waals surface area (Å²) in [6, 6.07) is 11.0. The molecule has 2 fully saturated rings. The fraction of sp³-hybridized carbons (Fsp3) is 0.553. The summed E-state index contributed by atoms with van der Waals surface area (Å²) in [5, 5.41) is 10.5. The molecule has 2 N–H and O–H groups in total. The number of carbonyl (C=O) groups excluding carboxylic acids is 3. The number of benzene rings is 2. The smallest absolute Gasteiger partial charge is 0.308 e. The van der Waals surface area contributed by atoms with Gasteiger partial charge in [-0.05, 0) is 111 Å². The summed E-state index contributed by atoms with van der Waals surface area (Å²) in [7, 11) is -3.17. The molecule has 5 atom stereocenters. The molecule has 0 radical (unpaired) electrons. The quantitative estimate of drug-likeness (QED) is 0.339. The van der Waals surface area contributed by atoms with E-state index in [9.17, 15) is 27.9 Å². The average Bonchev–Trinajstić information content (AvgIpc) is 3.25. The van der Waals surface area contributed by atoms with Crippen LogP contribution in [-0.4, -0.2) is 87.5 Å². The topological polar surface area (TPSA) is 143 Å². The van der Waals surface area contributed by atoms with Gasteiger partial charge in [0, 0.05) is 42.2 Å². The van der Waals surface area contributed by atoms with Crippen LogP contribution in [0.25, 0.3) is 0 Å². The molecule has 3 aliphatic heterocycles. The summed E-state index contributed by atoms with van der Waals surface area (Å²) in [5.74, 6) is -1.34. The number of sulfonamides is 1. The third-order valence-electron chi connectivity index (χ3n) is 11.8. The van der Waals surface area contributed by atoms with Gasteiger partial charge in [0.15, 0.2) is 5.25 Å². The number of aliphatic hydroxyl groups is 1. The monoisotopic (exact) mass is 739 g/mol. The van der Waals surface area contributed by atoms with Crippen molar-refractivity contribution >= 4 is 45.1 Å². The van der Waals surface area contributed by atoms with Gasteiger partial charge in [-0.3, -0.25) is 14.4 Å². The summed E-state index contributed by atoms with van der Waals surface area (Å²) in [6.45, 7) is 2.11. The van der Waals surface area contributed by atoms with Crippen LogP contribution < -0.4 is 14.4 Å². The molecule has 0 aromatic heterocycles. The first-order valence-corrected chi connectivity index (χ1v) is 20.0. The zero-order valence-corrected chi connectivity index (χ0v) is 30.5. The third-order valence-corrected chi connectivity index (χ3v) is 13.7. The van der Waals surface area contributed by atoms with E-state index in [1.807, 2.05) is 12.1 Å². The lowest BCUT2D eigenvalue weighted by Crippen LogP contribution is -2.51. The van der Waals surface area contributed by atoms with Crippen molar-refractivity contribution in [1.29, 1.82) is 0 Å². The van der Waals surface area contributed by atoms with Crippen LogP contribution >= 0.6 is 11.6 Å². The highest BCUT2D eigenvalue weighted by Gasteiger charge is 2.45. The molecule has 5 aliphatic rings. The van der Waals surface area contributed by atoms with E-state index in [0.717, 1.165) is 32.1 Å². The highest BCUT2D eigenvalue weighted by atomic mass is 35.5. The van der Waals surface area contributed by atoms with E-state index in [1.165, 1.54) is 23.1 Å². The summed E-state index contributed by atoms with van der Waals surface area (Å²) >= 11 is 6.41. The van der Waals surface area contributed by atoms with Gasteiger partial charge in [0.2, 0.25) is 15.9 Å². The van der Waals surface area contributed by atoms with Crippen LogP contribution in [-0.2, 0) is 36.2 Å². The van der Waals surface area contributed by atoms with Gasteiger partial charge in [0.1, 0.15) is 5.75 Å². The van der Waals surface area contributed by atoms with Crippen molar-refractivity contribution in [3.63, 3.8) is 0 Å². The SMILES string of the molecule is COC(=O)C1CCN(C(=O)[C@H]2CCC=C[C@H](O)[C@@H]3CC[C@H]3CN3C[C@@]4(CCCc5cc(Cl)ccc54)COc4ccc(cc43)C(=O)NS2(=O)=O)CC1. The highest BCUT2D eigenvalue weighted by molar-refractivity contribution is 7.91. The van der Waals surface area contributed by atoms with Gasteiger partial charge in [-0.2, -0.15) is 0 Å². The zero-order chi connectivity index (χ0) is 35.9. The summed E-state index contributed by atoms with van der Waals surface area (Å²) < 4.78 is 41.4. The normalized spacial score (nSPS) is 29.4. The van der Waals surface area contributed by atoms with Crippen molar-refractivity contribution < 1.29 is 37.4 Å². The van der Waals surface area contributed by atoms with Crippen LogP contribution in [0, 0.1) is 17.8 Å². The summed E-state index contributed by atoms with van der Waals surface area (Å²) in [6.07, 6.45) is 8.23. The number of fused-ring (bicyclic) bond motifs is 4. The molecule has 1 spiro atoms. The first kappa shape index (κ1) is 35.8. The number of nitrogens with zero attached hydrogens (tertiary/aromatic N) is 2. The molecule has 3 heterocycles.